The van der Waals surface area contributed by atoms with Crippen LogP contribution < -0.4 is 11.1 Å². The largest absolute Gasteiger partial charge is 0.346 e. The van der Waals surface area contributed by atoms with Crippen LogP contribution >= 0.6 is 15.9 Å². The predicted molar refractivity (Wildman–Crippen MR) is 74.3 cm³/mol. The zero-order valence-electron chi connectivity index (χ0n) is 10.5. The molecule has 0 aliphatic rings. The highest BCUT2D eigenvalue weighted by Gasteiger charge is 2.11. The fourth-order valence-corrected chi connectivity index (χ4v) is 1.98. The van der Waals surface area contributed by atoms with E-state index in [4.69, 9.17) is 5.73 Å². The SMILES string of the molecule is NCCn1cc(C(=O)NCc2cc(F)ccc2Br)nn1. The lowest BCUT2D eigenvalue weighted by Crippen LogP contribution is -2.23. The van der Waals surface area contributed by atoms with Gasteiger partial charge in [-0.3, -0.25) is 9.48 Å². The van der Waals surface area contributed by atoms with Crippen LogP contribution in [0.1, 0.15) is 16.1 Å². The molecule has 0 atom stereocenters. The Labute approximate surface area is 123 Å². The molecule has 6 nitrogen and oxygen atoms in total. The minimum absolute atomic E-state index is 0.195. The molecule has 3 N–H and O–H groups in total. The standard InChI is InChI=1S/C12H13BrFN5O/c13-10-2-1-9(14)5-8(10)6-16-12(20)11-7-19(4-3-15)18-17-11/h1-2,5,7H,3-4,6,15H2,(H,16,20). The van der Waals surface area contributed by atoms with Gasteiger partial charge in [-0.05, 0) is 23.8 Å². The van der Waals surface area contributed by atoms with Crippen LogP contribution in [0, 0.1) is 5.82 Å². The molecule has 0 saturated heterocycles. The van der Waals surface area contributed by atoms with Gasteiger partial charge in [-0.25, -0.2) is 4.39 Å². The van der Waals surface area contributed by atoms with E-state index >= 15 is 0 Å². The van der Waals surface area contributed by atoms with Crippen LogP contribution in [-0.4, -0.2) is 27.4 Å². The van der Waals surface area contributed by atoms with Crippen molar-refractivity contribution in [1.82, 2.24) is 20.3 Å². The second-order valence-corrected chi connectivity index (χ2v) is 4.93. The Balaban J connectivity index is 1.99. The van der Waals surface area contributed by atoms with E-state index in [0.717, 1.165) is 4.47 Å². The molecule has 0 radical (unpaired) electrons. The summed E-state index contributed by atoms with van der Waals surface area (Å²) in [5.74, 6) is -0.726. The molecule has 8 heteroatoms. The molecule has 0 fully saturated rings. The minimum Gasteiger partial charge on any atom is -0.346 e. The smallest absolute Gasteiger partial charge is 0.273 e. The lowest BCUT2D eigenvalue weighted by atomic mass is 10.2. The molecule has 2 rings (SSSR count). The van der Waals surface area contributed by atoms with E-state index in [1.807, 2.05) is 0 Å². The fraction of sp³-hybridized carbons (Fsp3) is 0.250. The summed E-state index contributed by atoms with van der Waals surface area (Å²) in [6.45, 7) is 1.11. The van der Waals surface area contributed by atoms with Gasteiger partial charge in [0.05, 0.1) is 12.7 Å². The van der Waals surface area contributed by atoms with Crippen molar-refractivity contribution < 1.29 is 9.18 Å². The Morgan fingerprint density at radius 1 is 1.50 bits per heavy atom. The Kier molecular flexibility index (Phi) is 4.80. The number of nitrogens with one attached hydrogen (secondary N) is 1. The minimum atomic E-state index is -0.371. The summed E-state index contributed by atoms with van der Waals surface area (Å²) in [6.07, 6.45) is 1.52. The molecule has 0 aliphatic heterocycles. The van der Waals surface area contributed by atoms with Gasteiger partial charge in [-0.2, -0.15) is 0 Å². The molecule has 1 aromatic heterocycles. The molecule has 0 bridgehead atoms. The average molecular weight is 342 g/mol. The van der Waals surface area contributed by atoms with Crippen molar-refractivity contribution >= 4 is 21.8 Å². The second kappa shape index (κ2) is 6.58. The van der Waals surface area contributed by atoms with Crippen LogP contribution in [-0.2, 0) is 13.1 Å². The summed E-state index contributed by atoms with van der Waals surface area (Å²) in [7, 11) is 0. The number of benzene rings is 1. The molecule has 106 valence electrons. The van der Waals surface area contributed by atoms with Crippen molar-refractivity contribution in [3.05, 3.63) is 45.9 Å². The summed E-state index contributed by atoms with van der Waals surface area (Å²) < 4.78 is 15.3. The van der Waals surface area contributed by atoms with Crippen molar-refractivity contribution in [2.45, 2.75) is 13.1 Å². The van der Waals surface area contributed by atoms with E-state index in [1.165, 1.54) is 23.0 Å². The molecule has 0 unspecified atom stereocenters. The van der Waals surface area contributed by atoms with Gasteiger partial charge in [0.2, 0.25) is 0 Å². The third-order valence-electron chi connectivity index (χ3n) is 2.58. The number of aromatic nitrogens is 3. The quantitative estimate of drug-likeness (QED) is 0.851. The van der Waals surface area contributed by atoms with E-state index in [1.54, 1.807) is 6.07 Å². The molecular formula is C12H13BrFN5O. The molecule has 20 heavy (non-hydrogen) atoms. The normalized spacial score (nSPS) is 10.6. The summed E-state index contributed by atoms with van der Waals surface area (Å²) in [6, 6.07) is 4.29. The van der Waals surface area contributed by atoms with E-state index in [0.29, 0.717) is 18.7 Å². The number of rotatable bonds is 5. The Bertz CT molecular complexity index is 616. The monoisotopic (exact) mass is 341 g/mol. The number of hydrogen-bond acceptors (Lipinski definition) is 4. The first-order valence-corrected chi connectivity index (χ1v) is 6.72. The van der Waals surface area contributed by atoms with Crippen LogP contribution in [0.3, 0.4) is 0 Å². The van der Waals surface area contributed by atoms with Gasteiger partial charge in [0.15, 0.2) is 5.69 Å². The number of amides is 1. The lowest BCUT2D eigenvalue weighted by Gasteiger charge is -2.05. The fourth-order valence-electron chi connectivity index (χ4n) is 1.59. The van der Waals surface area contributed by atoms with Crippen LogP contribution in [0.4, 0.5) is 4.39 Å². The van der Waals surface area contributed by atoms with Gasteiger partial charge in [-0.1, -0.05) is 21.1 Å². The van der Waals surface area contributed by atoms with Crippen LogP contribution in [0.25, 0.3) is 0 Å². The molecular weight excluding hydrogens is 329 g/mol. The number of hydrogen-bond donors (Lipinski definition) is 2. The Morgan fingerprint density at radius 2 is 2.30 bits per heavy atom. The zero-order valence-corrected chi connectivity index (χ0v) is 12.1. The van der Waals surface area contributed by atoms with E-state index in [2.05, 4.69) is 31.6 Å². The first kappa shape index (κ1) is 14.6. The van der Waals surface area contributed by atoms with Crippen molar-refractivity contribution in [2.75, 3.05) is 6.54 Å². The van der Waals surface area contributed by atoms with Crippen molar-refractivity contribution in [1.29, 1.82) is 0 Å². The highest BCUT2D eigenvalue weighted by Crippen LogP contribution is 2.17. The van der Waals surface area contributed by atoms with E-state index < -0.39 is 0 Å². The highest BCUT2D eigenvalue weighted by atomic mass is 79.9. The van der Waals surface area contributed by atoms with Gasteiger partial charge < -0.3 is 11.1 Å². The molecule has 0 spiro atoms. The molecule has 1 aromatic carbocycles. The number of nitrogens with two attached hydrogens (primary N) is 1. The molecule has 0 aliphatic carbocycles. The zero-order chi connectivity index (χ0) is 14.5. The predicted octanol–water partition coefficient (Wildman–Crippen LogP) is 1.07. The van der Waals surface area contributed by atoms with Crippen molar-refractivity contribution in [3.8, 4) is 0 Å². The Morgan fingerprint density at radius 3 is 3.05 bits per heavy atom. The molecule has 1 amide bonds. The van der Waals surface area contributed by atoms with Crippen molar-refractivity contribution in [3.63, 3.8) is 0 Å². The van der Waals surface area contributed by atoms with Gasteiger partial charge in [0.1, 0.15) is 5.82 Å². The number of carbonyl (C=O) groups is 1. The van der Waals surface area contributed by atoms with E-state index in [9.17, 15) is 9.18 Å². The maximum atomic E-state index is 13.1. The van der Waals surface area contributed by atoms with E-state index in [-0.39, 0.29) is 24.0 Å². The first-order chi connectivity index (χ1) is 9.60. The van der Waals surface area contributed by atoms with Crippen LogP contribution in [0.2, 0.25) is 0 Å². The third kappa shape index (κ3) is 3.61. The van der Waals surface area contributed by atoms with Gasteiger partial charge in [0, 0.05) is 17.6 Å². The number of carbonyl (C=O) groups excluding carboxylic acids is 1. The topological polar surface area (TPSA) is 85.8 Å². The van der Waals surface area contributed by atoms with Crippen LogP contribution in [0.15, 0.2) is 28.9 Å². The van der Waals surface area contributed by atoms with Crippen molar-refractivity contribution in [2.24, 2.45) is 5.73 Å². The van der Waals surface area contributed by atoms with Gasteiger partial charge in [-0.15, -0.1) is 5.10 Å². The lowest BCUT2D eigenvalue weighted by molar-refractivity contribution is 0.0945. The Hall–Kier alpha value is -1.80. The maximum Gasteiger partial charge on any atom is 0.273 e. The molecule has 0 saturated carbocycles. The third-order valence-corrected chi connectivity index (χ3v) is 3.35. The average Bonchev–Trinajstić information content (AvgIpc) is 2.88. The number of nitrogens with zero attached hydrogens (tertiary/aromatic N) is 3. The number of halogens is 2. The van der Waals surface area contributed by atoms with Gasteiger partial charge in [0.25, 0.3) is 5.91 Å². The maximum absolute atomic E-state index is 13.1. The van der Waals surface area contributed by atoms with Gasteiger partial charge >= 0.3 is 0 Å². The molecule has 2 aromatic rings. The second-order valence-electron chi connectivity index (χ2n) is 4.07. The summed E-state index contributed by atoms with van der Waals surface area (Å²) in [5.41, 5.74) is 6.23. The van der Waals surface area contributed by atoms with Crippen LogP contribution in [0.5, 0.6) is 0 Å². The summed E-state index contributed by atoms with van der Waals surface area (Å²) in [5, 5.41) is 10.2. The first-order valence-electron chi connectivity index (χ1n) is 5.92. The summed E-state index contributed by atoms with van der Waals surface area (Å²) in [4.78, 5) is 11.9. The highest BCUT2D eigenvalue weighted by molar-refractivity contribution is 9.10. The summed E-state index contributed by atoms with van der Waals surface area (Å²) >= 11 is 3.30. The molecule has 1 heterocycles.